The van der Waals surface area contributed by atoms with Crippen LogP contribution in [-0.2, 0) is 0 Å². The van der Waals surface area contributed by atoms with Gasteiger partial charge < -0.3 is 14.0 Å². The van der Waals surface area contributed by atoms with Gasteiger partial charge in [0.1, 0.15) is 0 Å². The maximum absolute atomic E-state index is 2.43. The van der Waals surface area contributed by atoms with Crippen LogP contribution in [-0.4, -0.2) is 9.13 Å². The van der Waals surface area contributed by atoms with E-state index in [0.717, 1.165) is 28.4 Å². The first-order valence-corrected chi connectivity index (χ1v) is 20.2. The van der Waals surface area contributed by atoms with Crippen LogP contribution in [0.1, 0.15) is 0 Å². The summed E-state index contributed by atoms with van der Waals surface area (Å²) in [6.45, 7) is 0. The average Bonchev–Trinajstić information content (AvgIpc) is 3.90. The monoisotopic (exact) mass is 753 g/mol. The Labute approximate surface area is 343 Å². The summed E-state index contributed by atoms with van der Waals surface area (Å²) in [5.41, 5.74) is 16.3. The molecule has 0 radical (unpaired) electrons. The van der Waals surface area contributed by atoms with E-state index in [9.17, 15) is 0 Å². The number of para-hydroxylation sites is 2. The zero-order chi connectivity index (χ0) is 39.1. The van der Waals surface area contributed by atoms with Crippen molar-refractivity contribution in [3.63, 3.8) is 0 Å². The predicted molar refractivity (Wildman–Crippen MR) is 249 cm³/mol. The number of fused-ring (bicyclic) bond motifs is 5. The van der Waals surface area contributed by atoms with Crippen molar-refractivity contribution in [2.75, 3.05) is 4.90 Å². The molecule has 0 aliphatic carbocycles. The molecular formula is C56H39N3. The quantitative estimate of drug-likeness (QED) is 0.151. The number of rotatable bonds is 8. The van der Waals surface area contributed by atoms with Crippen LogP contribution in [0.15, 0.2) is 237 Å². The molecule has 0 unspecified atom stereocenters. The minimum atomic E-state index is 1.10. The van der Waals surface area contributed by atoms with E-state index in [4.69, 9.17) is 0 Å². The average molecular weight is 754 g/mol. The van der Waals surface area contributed by atoms with E-state index < -0.39 is 0 Å². The first kappa shape index (κ1) is 34.4. The summed E-state index contributed by atoms with van der Waals surface area (Å²) >= 11 is 0. The molecule has 11 rings (SSSR count). The molecule has 0 bridgehead atoms. The normalized spacial score (nSPS) is 11.4. The zero-order valence-electron chi connectivity index (χ0n) is 32.4. The molecule has 2 aromatic heterocycles. The van der Waals surface area contributed by atoms with Crippen LogP contribution < -0.4 is 4.90 Å². The summed E-state index contributed by atoms with van der Waals surface area (Å²) in [7, 11) is 0. The van der Waals surface area contributed by atoms with E-state index in [1.165, 1.54) is 66.1 Å². The molecule has 0 saturated heterocycles. The second-order valence-electron chi connectivity index (χ2n) is 15.0. The Hall–Kier alpha value is -7.88. The molecule has 0 aliphatic heterocycles. The lowest BCUT2D eigenvalue weighted by Gasteiger charge is -2.26. The third-order valence-corrected chi connectivity index (χ3v) is 11.6. The lowest BCUT2D eigenvalue weighted by atomic mass is 10.0. The van der Waals surface area contributed by atoms with Crippen molar-refractivity contribution >= 4 is 49.8 Å². The van der Waals surface area contributed by atoms with Crippen LogP contribution in [0.25, 0.3) is 77.5 Å². The predicted octanol–water partition coefficient (Wildman–Crippen LogP) is 15.2. The van der Waals surface area contributed by atoms with Crippen LogP contribution in [0.5, 0.6) is 0 Å². The highest BCUT2D eigenvalue weighted by Gasteiger charge is 2.19. The van der Waals surface area contributed by atoms with Crippen molar-refractivity contribution in [3.8, 4) is 44.8 Å². The van der Waals surface area contributed by atoms with Gasteiger partial charge in [0, 0.05) is 50.8 Å². The molecule has 0 N–H and O–H groups in total. The van der Waals surface area contributed by atoms with Crippen LogP contribution >= 0.6 is 0 Å². The Kier molecular flexibility index (Phi) is 8.49. The molecule has 0 saturated carbocycles. The highest BCUT2D eigenvalue weighted by atomic mass is 15.1. The lowest BCUT2D eigenvalue weighted by Crippen LogP contribution is -2.09. The number of anilines is 3. The van der Waals surface area contributed by atoms with E-state index in [1.807, 2.05) is 0 Å². The molecule has 0 amide bonds. The third kappa shape index (κ3) is 6.17. The first-order chi connectivity index (χ1) is 29.3. The maximum atomic E-state index is 2.43. The van der Waals surface area contributed by atoms with Gasteiger partial charge in [-0.05, 0) is 112 Å². The smallest absolute Gasteiger partial charge is 0.0788 e. The van der Waals surface area contributed by atoms with Gasteiger partial charge in [0.15, 0.2) is 0 Å². The third-order valence-electron chi connectivity index (χ3n) is 11.6. The summed E-state index contributed by atoms with van der Waals surface area (Å²) < 4.78 is 4.76. The fourth-order valence-electron chi connectivity index (χ4n) is 8.67. The van der Waals surface area contributed by atoms with Crippen LogP contribution in [0.3, 0.4) is 0 Å². The Balaban J connectivity index is 1.02. The molecule has 3 heteroatoms. The number of hydrogen-bond acceptors (Lipinski definition) is 1. The second-order valence-corrected chi connectivity index (χ2v) is 15.0. The van der Waals surface area contributed by atoms with Crippen LogP contribution in [0, 0.1) is 0 Å². The van der Waals surface area contributed by atoms with Gasteiger partial charge in [-0.15, -0.1) is 0 Å². The van der Waals surface area contributed by atoms with Crippen molar-refractivity contribution in [1.82, 2.24) is 9.13 Å². The zero-order valence-corrected chi connectivity index (χ0v) is 32.4. The van der Waals surface area contributed by atoms with E-state index in [0.29, 0.717) is 0 Å². The van der Waals surface area contributed by atoms with E-state index in [-0.39, 0.29) is 0 Å². The van der Waals surface area contributed by atoms with Gasteiger partial charge >= 0.3 is 0 Å². The van der Waals surface area contributed by atoms with Crippen molar-refractivity contribution < 1.29 is 0 Å². The molecule has 0 aliphatic rings. The Bertz CT molecular complexity index is 3120. The summed E-state index contributed by atoms with van der Waals surface area (Å²) in [6, 6.07) is 83.0. The van der Waals surface area contributed by atoms with Gasteiger partial charge in [-0.2, -0.15) is 0 Å². The number of benzene rings is 9. The molecule has 0 fully saturated rings. The first-order valence-electron chi connectivity index (χ1n) is 20.2. The van der Waals surface area contributed by atoms with Crippen LogP contribution in [0.2, 0.25) is 0 Å². The molecule has 0 atom stereocenters. The number of hydrogen-bond donors (Lipinski definition) is 0. The SMILES string of the molecule is c1ccc(-c2ccc(N(c3ccc(-c4ccccc4)cc3)c3ccc(-c4ccc5c(c4)c4ccc6ccn(-c7ccccc7)c6c4n5-c4ccccc4)cc3)cc2)cc1. The molecule has 59 heavy (non-hydrogen) atoms. The highest BCUT2D eigenvalue weighted by Crippen LogP contribution is 2.41. The fraction of sp³-hybridized carbons (Fsp3) is 0. The molecule has 0 spiro atoms. The Morgan fingerprint density at radius 3 is 1.27 bits per heavy atom. The molecule has 9 aromatic carbocycles. The summed E-state index contributed by atoms with van der Waals surface area (Å²) in [5.74, 6) is 0. The maximum Gasteiger partial charge on any atom is 0.0788 e. The van der Waals surface area contributed by atoms with Gasteiger partial charge in [0.2, 0.25) is 0 Å². The van der Waals surface area contributed by atoms with E-state index in [1.54, 1.807) is 0 Å². The molecule has 3 nitrogen and oxygen atoms in total. The molecule has 278 valence electrons. The van der Waals surface area contributed by atoms with Crippen molar-refractivity contribution in [2.24, 2.45) is 0 Å². The standard InChI is InChI=1S/C56H39N3/c1-5-13-40(14-6-1)42-21-29-49(30-22-42)58(50-31-23-43(24-32-50)41-15-7-2-8-16-41)51-33-25-44(26-34-51)46-28-36-54-53(39-46)52-35-27-45-37-38-57(47-17-9-3-10-18-47)55(45)56(52)59(54)48-19-11-4-12-20-48/h1-39H. The Morgan fingerprint density at radius 2 is 0.746 bits per heavy atom. The topological polar surface area (TPSA) is 13.1 Å². The van der Waals surface area contributed by atoms with Crippen molar-refractivity contribution in [3.05, 3.63) is 237 Å². The van der Waals surface area contributed by atoms with E-state index >= 15 is 0 Å². The minimum Gasteiger partial charge on any atom is -0.315 e. The van der Waals surface area contributed by atoms with Crippen molar-refractivity contribution in [1.29, 1.82) is 0 Å². The minimum absolute atomic E-state index is 1.10. The Morgan fingerprint density at radius 1 is 0.305 bits per heavy atom. The second kappa shape index (κ2) is 14.6. The largest absolute Gasteiger partial charge is 0.315 e. The summed E-state index contributed by atoms with van der Waals surface area (Å²) in [6.07, 6.45) is 2.19. The summed E-state index contributed by atoms with van der Waals surface area (Å²) in [4.78, 5) is 2.34. The fourth-order valence-corrected chi connectivity index (χ4v) is 8.67. The van der Waals surface area contributed by atoms with Crippen molar-refractivity contribution in [2.45, 2.75) is 0 Å². The van der Waals surface area contributed by atoms with Crippen LogP contribution in [0.4, 0.5) is 17.1 Å². The number of nitrogens with zero attached hydrogens (tertiary/aromatic N) is 3. The van der Waals surface area contributed by atoms with Gasteiger partial charge in [0.25, 0.3) is 0 Å². The highest BCUT2D eigenvalue weighted by molar-refractivity contribution is 6.18. The van der Waals surface area contributed by atoms with Gasteiger partial charge in [0.05, 0.1) is 16.6 Å². The van der Waals surface area contributed by atoms with Gasteiger partial charge in [-0.1, -0.05) is 152 Å². The molecule has 11 aromatic rings. The lowest BCUT2D eigenvalue weighted by molar-refractivity contribution is 1.12. The van der Waals surface area contributed by atoms with Gasteiger partial charge in [-0.3, -0.25) is 0 Å². The number of aromatic nitrogens is 2. The van der Waals surface area contributed by atoms with Gasteiger partial charge in [-0.25, -0.2) is 0 Å². The molecular weight excluding hydrogens is 715 g/mol. The molecule has 2 heterocycles. The van der Waals surface area contributed by atoms with E-state index in [2.05, 4.69) is 251 Å². The summed E-state index contributed by atoms with van der Waals surface area (Å²) in [5, 5.41) is 3.67.